The summed E-state index contributed by atoms with van der Waals surface area (Å²) in [6.07, 6.45) is 2.11. The molecule has 0 bridgehead atoms. The van der Waals surface area contributed by atoms with E-state index >= 15 is 0 Å². The minimum atomic E-state index is -3.39. The fraction of sp³-hybridized carbons (Fsp3) is 0.583. The second kappa shape index (κ2) is 6.34. The largest absolute Gasteiger partial charge is 0.354 e. The molecule has 9 heteroatoms. The van der Waals surface area contributed by atoms with Crippen molar-refractivity contribution in [1.29, 1.82) is 5.26 Å². The normalized spacial score (nSPS) is 17.5. The molecule has 0 spiro atoms. The van der Waals surface area contributed by atoms with Crippen LogP contribution in [0, 0.1) is 11.3 Å². The van der Waals surface area contributed by atoms with Gasteiger partial charge in [0.2, 0.25) is 0 Å². The highest BCUT2D eigenvalue weighted by Gasteiger charge is 2.27. The zero-order chi connectivity index (χ0) is 15.5. The molecule has 1 aromatic heterocycles. The van der Waals surface area contributed by atoms with Crippen molar-refractivity contribution in [3.8, 4) is 6.07 Å². The second-order valence-corrected chi connectivity index (χ2v) is 7.09. The quantitative estimate of drug-likeness (QED) is 0.758. The van der Waals surface area contributed by atoms with E-state index in [1.807, 2.05) is 11.0 Å². The highest BCUT2D eigenvalue weighted by molar-refractivity contribution is 7.86. The highest BCUT2D eigenvalue weighted by Crippen LogP contribution is 2.16. The summed E-state index contributed by atoms with van der Waals surface area (Å²) in [7, 11) is -0.335. The molecule has 2 heterocycles. The first-order valence-corrected chi connectivity index (χ1v) is 8.00. The lowest BCUT2D eigenvalue weighted by Crippen LogP contribution is -2.42. The van der Waals surface area contributed by atoms with Crippen molar-refractivity contribution in [2.75, 3.05) is 45.2 Å². The summed E-state index contributed by atoms with van der Waals surface area (Å²) in [5.74, 6) is 0.609. The van der Waals surface area contributed by atoms with Crippen LogP contribution in [0.5, 0.6) is 0 Å². The molecule has 1 aliphatic heterocycles. The fourth-order valence-corrected chi connectivity index (χ4v) is 3.29. The average Bonchev–Trinajstić information content (AvgIpc) is 2.73. The third kappa shape index (κ3) is 3.47. The maximum Gasteiger partial charge on any atom is 0.281 e. The summed E-state index contributed by atoms with van der Waals surface area (Å²) in [4.78, 5) is 1.96. The van der Waals surface area contributed by atoms with Gasteiger partial charge in [0.15, 0.2) is 5.82 Å². The van der Waals surface area contributed by atoms with Crippen molar-refractivity contribution >= 4 is 16.0 Å². The van der Waals surface area contributed by atoms with Crippen LogP contribution >= 0.6 is 0 Å². The maximum absolute atomic E-state index is 12.1. The van der Waals surface area contributed by atoms with Crippen LogP contribution in [0.15, 0.2) is 12.3 Å². The standard InChI is InChI=1S/C12H18N6O2S/c1-16(2)21(19,20)18-5-3-4-17(6-7-18)12-8-11(9-13)10-14-15-12/h8,10H,3-7H2,1-2H3. The van der Waals surface area contributed by atoms with E-state index in [9.17, 15) is 8.42 Å². The molecular weight excluding hydrogens is 292 g/mol. The van der Waals surface area contributed by atoms with Crippen LogP contribution in [-0.4, -0.2) is 67.5 Å². The van der Waals surface area contributed by atoms with E-state index in [2.05, 4.69) is 10.2 Å². The summed E-state index contributed by atoms with van der Waals surface area (Å²) >= 11 is 0. The number of aromatic nitrogens is 2. The van der Waals surface area contributed by atoms with Gasteiger partial charge < -0.3 is 4.90 Å². The molecule has 0 saturated carbocycles. The van der Waals surface area contributed by atoms with E-state index < -0.39 is 10.2 Å². The van der Waals surface area contributed by atoms with Crippen LogP contribution in [0.3, 0.4) is 0 Å². The number of anilines is 1. The maximum atomic E-state index is 12.1. The molecule has 0 aromatic carbocycles. The van der Waals surface area contributed by atoms with Crippen LogP contribution < -0.4 is 4.90 Å². The smallest absolute Gasteiger partial charge is 0.281 e. The van der Waals surface area contributed by atoms with E-state index in [4.69, 9.17) is 5.26 Å². The lowest BCUT2D eigenvalue weighted by Gasteiger charge is -2.24. The van der Waals surface area contributed by atoms with Crippen LogP contribution in [-0.2, 0) is 10.2 Å². The van der Waals surface area contributed by atoms with Crippen molar-refractivity contribution < 1.29 is 8.42 Å². The van der Waals surface area contributed by atoms with Gasteiger partial charge in [0.1, 0.15) is 6.07 Å². The molecule has 1 fully saturated rings. The molecule has 0 atom stereocenters. The van der Waals surface area contributed by atoms with Crippen molar-refractivity contribution in [3.63, 3.8) is 0 Å². The van der Waals surface area contributed by atoms with Crippen LogP contribution in [0.25, 0.3) is 0 Å². The van der Waals surface area contributed by atoms with E-state index in [1.54, 1.807) is 6.07 Å². The minimum Gasteiger partial charge on any atom is -0.354 e. The molecule has 21 heavy (non-hydrogen) atoms. The van der Waals surface area contributed by atoms with Gasteiger partial charge >= 0.3 is 0 Å². The first-order valence-electron chi connectivity index (χ1n) is 6.60. The summed E-state index contributed by atoms with van der Waals surface area (Å²) in [6, 6.07) is 3.70. The predicted octanol–water partition coefficient (Wildman–Crippen LogP) is -0.333. The fourth-order valence-electron chi connectivity index (χ4n) is 2.16. The Morgan fingerprint density at radius 3 is 2.71 bits per heavy atom. The van der Waals surface area contributed by atoms with Crippen molar-refractivity contribution in [2.45, 2.75) is 6.42 Å². The van der Waals surface area contributed by atoms with Crippen LogP contribution in [0.1, 0.15) is 12.0 Å². The van der Waals surface area contributed by atoms with Crippen molar-refractivity contribution in [1.82, 2.24) is 18.8 Å². The number of nitrogens with zero attached hydrogens (tertiary/aromatic N) is 6. The molecule has 114 valence electrons. The zero-order valence-corrected chi connectivity index (χ0v) is 12.9. The second-order valence-electron chi connectivity index (χ2n) is 4.94. The van der Waals surface area contributed by atoms with Crippen LogP contribution in [0.2, 0.25) is 0 Å². The summed E-state index contributed by atoms with van der Waals surface area (Å²) in [6.45, 7) is 2.07. The molecular formula is C12H18N6O2S. The Morgan fingerprint density at radius 1 is 1.29 bits per heavy atom. The number of rotatable bonds is 3. The molecule has 1 saturated heterocycles. The van der Waals surface area contributed by atoms with Crippen LogP contribution in [0.4, 0.5) is 5.82 Å². The number of nitriles is 1. The Labute approximate surface area is 124 Å². The summed E-state index contributed by atoms with van der Waals surface area (Å²) in [5, 5.41) is 16.7. The van der Waals surface area contributed by atoms with Gasteiger partial charge in [-0.3, -0.25) is 0 Å². The average molecular weight is 310 g/mol. The van der Waals surface area contributed by atoms with E-state index in [-0.39, 0.29) is 0 Å². The van der Waals surface area contributed by atoms with Crippen molar-refractivity contribution in [2.24, 2.45) is 0 Å². The molecule has 1 aromatic rings. The SMILES string of the molecule is CN(C)S(=O)(=O)N1CCCN(c2cc(C#N)cnn2)CC1. The molecule has 0 radical (unpaired) electrons. The molecule has 0 amide bonds. The van der Waals surface area contributed by atoms with Gasteiger partial charge in [-0.25, -0.2) is 0 Å². The van der Waals surface area contributed by atoms with Gasteiger partial charge in [-0.05, 0) is 6.42 Å². The third-order valence-electron chi connectivity index (χ3n) is 3.34. The topological polar surface area (TPSA) is 93.4 Å². The first-order chi connectivity index (χ1) is 9.95. The Kier molecular flexibility index (Phi) is 4.72. The van der Waals surface area contributed by atoms with E-state index in [0.29, 0.717) is 44.0 Å². The number of hydrogen-bond acceptors (Lipinski definition) is 6. The van der Waals surface area contributed by atoms with Gasteiger partial charge in [0.25, 0.3) is 10.2 Å². The van der Waals surface area contributed by atoms with E-state index in [0.717, 1.165) is 0 Å². The third-order valence-corrected chi connectivity index (χ3v) is 5.28. The minimum absolute atomic E-state index is 0.388. The van der Waals surface area contributed by atoms with Gasteiger partial charge in [-0.2, -0.15) is 27.4 Å². The molecule has 0 N–H and O–H groups in total. The van der Waals surface area contributed by atoms with Gasteiger partial charge in [0.05, 0.1) is 11.8 Å². The predicted molar refractivity (Wildman–Crippen MR) is 77.8 cm³/mol. The first kappa shape index (κ1) is 15.6. The Bertz CT molecular complexity index is 639. The monoisotopic (exact) mass is 310 g/mol. The Hall–Kier alpha value is -1.76. The van der Waals surface area contributed by atoms with Gasteiger partial charge in [-0.15, -0.1) is 5.10 Å². The molecule has 8 nitrogen and oxygen atoms in total. The van der Waals surface area contributed by atoms with Gasteiger partial charge in [0, 0.05) is 46.3 Å². The summed E-state index contributed by atoms with van der Waals surface area (Å²) < 4.78 is 27.0. The highest BCUT2D eigenvalue weighted by atomic mass is 32.2. The lowest BCUT2D eigenvalue weighted by molar-refractivity contribution is 0.390. The number of hydrogen-bond donors (Lipinski definition) is 0. The van der Waals surface area contributed by atoms with Crippen molar-refractivity contribution in [3.05, 3.63) is 17.8 Å². The molecule has 1 aliphatic rings. The summed E-state index contributed by atoms with van der Waals surface area (Å²) in [5.41, 5.74) is 0.446. The molecule has 0 unspecified atom stereocenters. The lowest BCUT2D eigenvalue weighted by atomic mass is 10.3. The molecule has 2 rings (SSSR count). The Balaban J connectivity index is 2.13. The van der Waals surface area contributed by atoms with E-state index in [1.165, 1.54) is 28.9 Å². The van der Waals surface area contributed by atoms with Gasteiger partial charge in [-0.1, -0.05) is 0 Å². The Morgan fingerprint density at radius 2 is 2.05 bits per heavy atom. The zero-order valence-electron chi connectivity index (χ0n) is 12.1. The molecule has 0 aliphatic carbocycles.